The summed E-state index contributed by atoms with van der Waals surface area (Å²) >= 11 is 0. The second-order valence-electron chi connectivity index (χ2n) is 3.67. The van der Waals surface area contributed by atoms with Gasteiger partial charge in [0.05, 0.1) is 5.92 Å². The van der Waals surface area contributed by atoms with Gasteiger partial charge in [0.25, 0.3) is 0 Å². The van der Waals surface area contributed by atoms with E-state index in [2.05, 4.69) is 0 Å². The molecule has 0 amide bonds. The van der Waals surface area contributed by atoms with Gasteiger partial charge in [-0.15, -0.1) is 0 Å². The smallest absolute Gasteiger partial charge is 0.177 e. The molecule has 1 atom stereocenters. The van der Waals surface area contributed by atoms with E-state index < -0.39 is 5.79 Å². The van der Waals surface area contributed by atoms with Crippen LogP contribution in [0.3, 0.4) is 0 Å². The van der Waals surface area contributed by atoms with Gasteiger partial charge in [-0.2, -0.15) is 0 Å². The van der Waals surface area contributed by atoms with Crippen LogP contribution in [0.2, 0.25) is 0 Å². The van der Waals surface area contributed by atoms with E-state index in [0.717, 1.165) is 32.0 Å². The minimum absolute atomic E-state index is 0.0869. The summed E-state index contributed by atoms with van der Waals surface area (Å²) in [6, 6.07) is 0. The van der Waals surface area contributed by atoms with Gasteiger partial charge in [0, 0.05) is 19.6 Å². The van der Waals surface area contributed by atoms with Crippen molar-refractivity contribution in [2.45, 2.75) is 45.3 Å². The average Bonchev–Trinajstić information content (AvgIpc) is 2.19. The molecule has 0 spiro atoms. The lowest BCUT2D eigenvalue weighted by Gasteiger charge is -2.40. The van der Waals surface area contributed by atoms with Gasteiger partial charge >= 0.3 is 0 Å². The molecule has 0 heterocycles. The summed E-state index contributed by atoms with van der Waals surface area (Å²) in [5, 5.41) is 0. The third-order valence-electron chi connectivity index (χ3n) is 2.80. The molecule has 14 heavy (non-hydrogen) atoms. The van der Waals surface area contributed by atoms with Crippen LogP contribution >= 0.6 is 0 Å². The van der Waals surface area contributed by atoms with Crippen molar-refractivity contribution in [3.63, 3.8) is 0 Å². The van der Waals surface area contributed by atoms with Crippen molar-refractivity contribution in [2.24, 2.45) is 5.92 Å². The van der Waals surface area contributed by atoms with Crippen molar-refractivity contribution in [1.29, 1.82) is 0 Å². The standard InChI is InChI=1S/C11H20O3/c1-3-13-11(14-4-2)8-6-5-7-10(11)9-12/h9-10H,3-8H2,1-2H3. The summed E-state index contributed by atoms with van der Waals surface area (Å²) in [7, 11) is 0. The van der Waals surface area contributed by atoms with E-state index in [1.54, 1.807) is 0 Å². The van der Waals surface area contributed by atoms with E-state index in [1.807, 2.05) is 13.8 Å². The Bertz CT molecular complexity index is 168. The van der Waals surface area contributed by atoms with Gasteiger partial charge in [0.2, 0.25) is 0 Å². The van der Waals surface area contributed by atoms with Crippen molar-refractivity contribution < 1.29 is 14.3 Å². The molecule has 3 nitrogen and oxygen atoms in total. The Morgan fingerprint density at radius 2 is 1.93 bits per heavy atom. The maximum absolute atomic E-state index is 11.0. The first-order valence-corrected chi connectivity index (χ1v) is 5.52. The topological polar surface area (TPSA) is 35.5 Å². The number of hydrogen-bond acceptors (Lipinski definition) is 3. The summed E-state index contributed by atoms with van der Waals surface area (Å²) in [6.07, 6.45) is 4.92. The van der Waals surface area contributed by atoms with Crippen molar-refractivity contribution in [3.8, 4) is 0 Å². The first-order chi connectivity index (χ1) is 6.79. The Hall–Kier alpha value is -0.410. The maximum Gasteiger partial charge on any atom is 0.177 e. The molecule has 0 N–H and O–H groups in total. The molecule has 0 aliphatic heterocycles. The molecule has 0 saturated heterocycles. The Labute approximate surface area is 85.8 Å². The fourth-order valence-electron chi connectivity index (χ4n) is 2.20. The molecule has 0 aromatic carbocycles. The molecule has 3 heteroatoms. The third kappa shape index (κ3) is 2.34. The van der Waals surface area contributed by atoms with Crippen LogP contribution in [0.5, 0.6) is 0 Å². The molecule has 0 aromatic rings. The molecule has 1 fully saturated rings. The van der Waals surface area contributed by atoms with E-state index in [-0.39, 0.29) is 5.92 Å². The van der Waals surface area contributed by atoms with Gasteiger partial charge in [0.15, 0.2) is 5.79 Å². The van der Waals surface area contributed by atoms with Crippen LogP contribution in [0.25, 0.3) is 0 Å². The molecule has 0 radical (unpaired) electrons. The van der Waals surface area contributed by atoms with Crippen LogP contribution in [0, 0.1) is 5.92 Å². The van der Waals surface area contributed by atoms with Crippen molar-refractivity contribution in [1.82, 2.24) is 0 Å². The minimum atomic E-state index is -0.622. The second-order valence-corrected chi connectivity index (χ2v) is 3.67. The fourth-order valence-corrected chi connectivity index (χ4v) is 2.20. The van der Waals surface area contributed by atoms with Gasteiger partial charge in [0.1, 0.15) is 6.29 Å². The molecule has 1 aliphatic rings. The SMILES string of the molecule is CCOC1(OCC)CCCCC1C=O. The number of carbonyl (C=O) groups is 1. The van der Waals surface area contributed by atoms with Crippen molar-refractivity contribution in [3.05, 3.63) is 0 Å². The van der Waals surface area contributed by atoms with E-state index in [0.29, 0.717) is 13.2 Å². The first-order valence-electron chi connectivity index (χ1n) is 5.52. The highest BCUT2D eigenvalue weighted by Gasteiger charge is 2.42. The Morgan fingerprint density at radius 3 is 2.43 bits per heavy atom. The lowest BCUT2D eigenvalue weighted by molar-refractivity contribution is -0.268. The molecule has 0 aromatic heterocycles. The Morgan fingerprint density at radius 1 is 1.29 bits per heavy atom. The lowest BCUT2D eigenvalue weighted by atomic mass is 9.84. The van der Waals surface area contributed by atoms with E-state index >= 15 is 0 Å². The van der Waals surface area contributed by atoms with Crippen LogP contribution in [-0.2, 0) is 14.3 Å². The molecule has 82 valence electrons. The van der Waals surface area contributed by atoms with Gasteiger partial charge < -0.3 is 14.3 Å². The van der Waals surface area contributed by atoms with Crippen LogP contribution < -0.4 is 0 Å². The number of rotatable bonds is 5. The van der Waals surface area contributed by atoms with E-state index in [9.17, 15) is 4.79 Å². The normalized spacial score (nSPS) is 26.0. The van der Waals surface area contributed by atoms with E-state index in [4.69, 9.17) is 9.47 Å². The lowest BCUT2D eigenvalue weighted by Crippen LogP contribution is -2.46. The fraction of sp³-hybridized carbons (Fsp3) is 0.909. The summed E-state index contributed by atoms with van der Waals surface area (Å²) < 4.78 is 11.3. The highest BCUT2D eigenvalue weighted by atomic mass is 16.7. The first kappa shape index (κ1) is 11.7. The van der Waals surface area contributed by atoms with E-state index in [1.165, 1.54) is 0 Å². The summed E-state index contributed by atoms with van der Waals surface area (Å²) in [6.45, 7) is 5.09. The molecule has 1 unspecified atom stereocenters. The molecular formula is C11H20O3. The minimum Gasteiger partial charge on any atom is -0.349 e. The number of carbonyl (C=O) groups excluding carboxylic acids is 1. The number of aldehydes is 1. The summed E-state index contributed by atoms with van der Waals surface area (Å²) in [5.74, 6) is -0.708. The monoisotopic (exact) mass is 200 g/mol. The molecular weight excluding hydrogens is 180 g/mol. The molecule has 1 saturated carbocycles. The van der Waals surface area contributed by atoms with Crippen molar-refractivity contribution in [2.75, 3.05) is 13.2 Å². The molecule has 0 bridgehead atoms. The van der Waals surface area contributed by atoms with Gasteiger partial charge in [-0.25, -0.2) is 0 Å². The van der Waals surface area contributed by atoms with Crippen LogP contribution in [0.1, 0.15) is 39.5 Å². The van der Waals surface area contributed by atoms with Crippen LogP contribution in [0.15, 0.2) is 0 Å². The maximum atomic E-state index is 11.0. The predicted molar refractivity (Wildman–Crippen MR) is 54.0 cm³/mol. The number of hydrogen-bond donors (Lipinski definition) is 0. The predicted octanol–water partition coefficient (Wildman–Crippen LogP) is 2.14. The van der Waals surface area contributed by atoms with Crippen LogP contribution in [-0.4, -0.2) is 25.3 Å². The third-order valence-corrected chi connectivity index (χ3v) is 2.80. The highest BCUT2D eigenvalue weighted by Crippen LogP contribution is 2.36. The summed E-state index contributed by atoms with van der Waals surface area (Å²) in [4.78, 5) is 11.0. The Kier molecular flexibility index (Phi) is 4.55. The zero-order valence-electron chi connectivity index (χ0n) is 9.12. The quantitative estimate of drug-likeness (QED) is 0.504. The zero-order chi connectivity index (χ0) is 10.4. The average molecular weight is 200 g/mol. The van der Waals surface area contributed by atoms with Gasteiger partial charge in [-0.1, -0.05) is 6.42 Å². The van der Waals surface area contributed by atoms with Crippen molar-refractivity contribution >= 4 is 6.29 Å². The number of ether oxygens (including phenoxy) is 2. The Balaban J connectivity index is 2.72. The zero-order valence-corrected chi connectivity index (χ0v) is 9.12. The van der Waals surface area contributed by atoms with Gasteiger partial charge in [-0.05, 0) is 26.7 Å². The van der Waals surface area contributed by atoms with Gasteiger partial charge in [-0.3, -0.25) is 0 Å². The highest BCUT2D eigenvalue weighted by molar-refractivity contribution is 5.55. The largest absolute Gasteiger partial charge is 0.349 e. The second kappa shape index (κ2) is 5.47. The molecule has 1 rings (SSSR count). The molecule has 1 aliphatic carbocycles. The summed E-state index contributed by atoms with van der Waals surface area (Å²) in [5.41, 5.74) is 0. The van der Waals surface area contributed by atoms with Crippen LogP contribution in [0.4, 0.5) is 0 Å².